The largest absolute Gasteiger partial charge is 0.497 e. The van der Waals surface area contributed by atoms with Gasteiger partial charge in [0.15, 0.2) is 0 Å². The molecule has 0 bridgehead atoms. The number of hydrogen-bond acceptors (Lipinski definition) is 5. The van der Waals surface area contributed by atoms with E-state index in [0.29, 0.717) is 23.5 Å². The van der Waals surface area contributed by atoms with Crippen molar-refractivity contribution in [2.45, 2.75) is 31.6 Å². The average Bonchev–Trinajstić information content (AvgIpc) is 3.27. The standard InChI is InChI=1S/C24H28N2O4S2/c1-18-6-11-23(19(2)17-18)32(28,29)26(20-7-9-21(30-3)10-8-20)15-13-24(27)25-14-12-22-5-4-16-31-22/h4-11,16-17H,12-15H2,1-3H3,(H,25,27). The normalized spacial score (nSPS) is 11.2. The summed E-state index contributed by atoms with van der Waals surface area (Å²) >= 11 is 1.65. The van der Waals surface area contributed by atoms with Gasteiger partial charge in [0, 0.05) is 24.4 Å². The molecule has 0 aliphatic carbocycles. The Labute approximate surface area is 193 Å². The maximum absolute atomic E-state index is 13.6. The lowest BCUT2D eigenvalue weighted by Gasteiger charge is -2.25. The first-order valence-corrected chi connectivity index (χ1v) is 12.7. The Morgan fingerprint density at radius 1 is 1.09 bits per heavy atom. The van der Waals surface area contributed by atoms with Gasteiger partial charge < -0.3 is 10.1 Å². The van der Waals surface area contributed by atoms with Crippen molar-refractivity contribution in [2.75, 3.05) is 24.5 Å². The first-order valence-electron chi connectivity index (χ1n) is 10.3. The molecule has 0 aliphatic rings. The topological polar surface area (TPSA) is 75.7 Å². The van der Waals surface area contributed by atoms with Crippen LogP contribution in [0.1, 0.15) is 22.4 Å². The number of carbonyl (C=O) groups is 1. The molecule has 3 aromatic rings. The van der Waals surface area contributed by atoms with Crippen molar-refractivity contribution in [3.8, 4) is 5.75 Å². The van der Waals surface area contributed by atoms with Crippen LogP contribution in [0, 0.1) is 13.8 Å². The molecule has 0 saturated heterocycles. The second-order valence-corrected chi connectivity index (χ2v) is 10.3. The molecular weight excluding hydrogens is 444 g/mol. The summed E-state index contributed by atoms with van der Waals surface area (Å²) in [6.07, 6.45) is 0.813. The number of aryl methyl sites for hydroxylation is 2. The maximum atomic E-state index is 13.6. The maximum Gasteiger partial charge on any atom is 0.264 e. The summed E-state index contributed by atoms with van der Waals surface area (Å²) in [4.78, 5) is 13.9. The number of sulfonamides is 1. The van der Waals surface area contributed by atoms with Crippen LogP contribution in [0.15, 0.2) is 64.9 Å². The highest BCUT2D eigenvalue weighted by atomic mass is 32.2. The monoisotopic (exact) mass is 472 g/mol. The van der Waals surface area contributed by atoms with E-state index < -0.39 is 10.0 Å². The van der Waals surface area contributed by atoms with Crippen LogP contribution in [-0.2, 0) is 21.2 Å². The van der Waals surface area contributed by atoms with Crippen molar-refractivity contribution >= 4 is 33.0 Å². The number of amides is 1. The van der Waals surface area contributed by atoms with Gasteiger partial charge in [-0.25, -0.2) is 8.42 Å². The van der Waals surface area contributed by atoms with Gasteiger partial charge in [0.25, 0.3) is 10.0 Å². The van der Waals surface area contributed by atoms with Gasteiger partial charge >= 0.3 is 0 Å². The molecule has 0 unspecified atom stereocenters. The van der Waals surface area contributed by atoms with E-state index in [1.807, 2.05) is 30.5 Å². The molecule has 1 heterocycles. The number of methoxy groups -OCH3 is 1. The van der Waals surface area contributed by atoms with Crippen LogP contribution in [0.4, 0.5) is 5.69 Å². The second-order valence-electron chi connectivity index (χ2n) is 7.47. The Balaban J connectivity index is 1.78. The van der Waals surface area contributed by atoms with Gasteiger partial charge in [0.2, 0.25) is 5.91 Å². The van der Waals surface area contributed by atoms with Crippen molar-refractivity contribution in [1.82, 2.24) is 5.32 Å². The molecule has 0 radical (unpaired) electrons. The van der Waals surface area contributed by atoms with E-state index in [9.17, 15) is 13.2 Å². The van der Waals surface area contributed by atoms with E-state index in [-0.39, 0.29) is 23.8 Å². The van der Waals surface area contributed by atoms with Crippen LogP contribution in [0.2, 0.25) is 0 Å². The zero-order valence-electron chi connectivity index (χ0n) is 18.5. The van der Waals surface area contributed by atoms with Crippen molar-refractivity contribution in [2.24, 2.45) is 0 Å². The molecule has 1 N–H and O–H groups in total. The van der Waals surface area contributed by atoms with Gasteiger partial charge in [-0.2, -0.15) is 0 Å². The third-order valence-corrected chi connectivity index (χ3v) is 8.00. The number of ether oxygens (including phenoxy) is 1. The number of nitrogens with one attached hydrogen (secondary N) is 1. The Morgan fingerprint density at radius 3 is 2.47 bits per heavy atom. The molecule has 1 aromatic heterocycles. The number of nitrogens with zero attached hydrogens (tertiary/aromatic N) is 1. The fourth-order valence-electron chi connectivity index (χ4n) is 3.42. The quantitative estimate of drug-likeness (QED) is 0.477. The number of thiophene rings is 1. The van der Waals surface area contributed by atoms with Crippen molar-refractivity contribution in [3.63, 3.8) is 0 Å². The predicted molar refractivity (Wildman–Crippen MR) is 129 cm³/mol. The summed E-state index contributed by atoms with van der Waals surface area (Å²) in [5.74, 6) is 0.444. The molecule has 32 heavy (non-hydrogen) atoms. The lowest BCUT2D eigenvalue weighted by Crippen LogP contribution is -2.36. The Morgan fingerprint density at radius 2 is 1.84 bits per heavy atom. The first kappa shape index (κ1) is 23.8. The summed E-state index contributed by atoms with van der Waals surface area (Å²) in [6.45, 7) is 4.26. The Bertz CT molecular complexity index is 1140. The van der Waals surface area contributed by atoms with Crippen molar-refractivity contribution in [1.29, 1.82) is 0 Å². The molecule has 0 saturated carbocycles. The number of hydrogen-bond donors (Lipinski definition) is 1. The van der Waals surface area contributed by atoms with Crippen LogP contribution >= 0.6 is 11.3 Å². The second kappa shape index (κ2) is 10.7. The summed E-state index contributed by atoms with van der Waals surface area (Å²) in [5, 5.41) is 4.88. The summed E-state index contributed by atoms with van der Waals surface area (Å²) in [6, 6.07) is 16.0. The third-order valence-electron chi connectivity index (χ3n) is 5.07. The number of benzene rings is 2. The third kappa shape index (κ3) is 5.89. The molecule has 1 amide bonds. The minimum absolute atomic E-state index is 0.0345. The Hall–Kier alpha value is -2.84. The van der Waals surface area contributed by atoms with E-state index in [1.54, 1.807) is 61.8 Å². The summed E-state index contributed by atoms with van der Waals surface area (Å²) in [5.41, 5.74) is 2.14. The molecule has 0 fully saturated rings. The highest BCUT2D eigenvalue weighted by molar-refractivity contribution is 7.92. The molecule has 170 valence electrons. The van der Waals surface area contributed by atoms with Gasteiger partial charge in [-0.1, -0.05) is 23.8 Å². The fraction of sp³-hybridized carbons (Fsp3) is 0.292. The molecule has 3 rings (SSSR count). The lowest BCUT2D eigenvalue weighted by atomic mass is 10.2. The van der Waals surface area contributed by atoms with Gasteiger partial charge in [0.05, 0.1) is 17.7 Å². The van der Waals surface area contributed by atoms with E-state index in [4.69, 9.17) is 4.74 Å². The van der Waals surface area contributed by atoms with Gasteiger partial charge in [-0.05, 0) is 67.6 Å². The zero-order valence-corrected chi connectivity index (χ0v) is 20.1. The van der Waals surface area contributed by atoms with Gasteiger partial charge in [-0.3, -0.25) is 9.10 Å². The zero-order chi connectivity index (χ0) is 23.1. The van der Waals surface area contributed by atoms with E-state index in [1.165, 1.54) is 9.18 Å². The number of rotatable bonds is 10. The first-order chi connectivity index (χ1) is 15.3. The van der Waals surface area contributed by atoms with Gasteiger partial charge in [-0.15, -0.1) is 11.3 Å². The van der Waals surface area contributed by atoms with Crippen LogP contribution in [0.3, 0.4) is 0 Å². The van der Waals surface area contributed by atoms with Crippen molar-refractivity contribution < 1.29 is 17.9 Å². The van der Waals surface area contributed by atoms with Crippen LogP contribution in [0.25, 0.3) is 0 Å². The van der Waals surface area contributed by atoms with E-state index in [0.717, 1.165) is 12.0 Å². The van der Waals surface area contributed by atoms with E-state index >= 15 is 0 Å². The fourth-order valence-corrected chi connectivity index (χ4v) is 5.80. The van der Waals surface area contributed by atoms with Crippen molar-refractivity contribution in [3.05, 3.63) is 76.0 Å². The molecular formula is C24H28N2O4S2. The smallest absolute Gasteiger partial charge is 0.264 e. The average molecular weight is 473 g/mol. The predicted octanol–water partition coefficient (Wildman–Crippen LogP) is 4.32. The SMILES string of the molecule is COc1ccc(N(CCC(=O)NCCc2cccs2)S(=O)(=O)c2ccc(C)cc2C)cc1. The Kier molecular flexibility index (Phi) is 7.93. The molecule has 8 heteroatoms. The summed E-state index contributed by atoms with van der Waals surface area (Å²) < 4.78 is 33.6. The number of anilines is 1. The minimum Gasteiger partial charge on any atom is -0.497 e. The molecule has 6 nitrogen and oxygen atoms in total. The highest BCUT2D eigenvalue weighted by Gasteiger charge is 2.27. The molecule has 0 aliphatic heterocycles. The van der Waals surface area contributed by atoms with Crippen LogP contribution in [-0.4, -0.2) is 34.5 Å². The van der Waals surface area contributed by atoms with Crippen LogP contribution in [0.5, 0.6) is 5.75 Å². The summed E-state index contributed by atoms with van der Waals surface area (Å²) in [7, 11) is -2.30. The lowest BCUT2D eigenvalue weighted by molar-refractivity contribution is -0.120. The molecule has 2 aromatic carbocycles. The highest BCUT2D eigenvalue weighted by Crippen LogP contribution is 2.28. The van der Waals surface area contributed by atoms with Crippen LogP contribution < -0.4 is 14.4 Å². The molecule has 0 spiro atoms. The van der Waals surface area contributed by atoms with E-state index in [2.05, 4.69) is 5.32 Å². The number of carbonyl (C=O) groups excluding carboxylic acids is 1. The minimum atomic E-state index is -3.86. The molecule has 0 atom stereocenters. The van der Waals surface area contributed by atoms with Gasteiger partial charge in [0.1, 0.15) is 5.75 Å².